The van der Waals surface area contributed by atoms with E-state index in [1.165, 1.54) is 6.20 Å². The lowest BCUT2D eigenvalue weighted by Crippen LogP contribution is -2.48. The number of carbonyl (C=O) groups excluding carboxylic acids is 1. The average molecular weight is 257 g/mol. The number of hydrogen-bond donors (Lipinski definition) is 1. The second-order valence-corrected chi connectivity index (χ2v) is 4.84. The first-order chi connectivity index (χ1) is 8.42. The van der Waals surface area contributed by atoms with Crippen LogP contribution >= 0.6 is 0 Å². The summed E-state index contributed by atoms with van der Waals surface area (Å²) in [5.41, 5.74) is 4.88. The molecule has 106 valence electrons. The zero-order valence-corrected chi connectivity index (χ0v) is 12.3. The topological polar surface area (TPSA) is 58.8 Å². The van der Waals surface area contributed by atoms with Gasteiger partial charge in [-0.1, -0.05) is 13.8 Å². The summed E-state index contributed by atoms with van der Waals surface area (Å²) in [4.78, 5) is 15.5. The number of piperazine rings is 1. The van der Waals surface area contributed by atoms with Crippen LogP contribution in [0.5, 0.6) is 0 Å². The van der Waals surface area contributed by atoms with Crippen LogP contribution in [0, 0.1) is 0 Å². The van der Waals surface area contributed by atoms with E-state index in [-0.39, 0.29) is 6.09 Å². The summed E-state index contributed by atoms with van der Waals surface area (Å²) in [6, 6.07) is 0. The van der Waals surface area contributed by atoms with Crippen LogP contribution in [0.1, 0.15) is 34.6 Å². The van der Waals surface area contributed by atoms with Crippen molar-refractivity contribution in [3.05, 3.63) is 12.4 Å². The van der Waals surface area contributed by atoms with Gasteiger partial charge in [-0.3, -0.25) is 0 Å². The number of rotatable bonds is 1. The van der Waals surface area contributed by atoms with E-state index in [0.29, 0.717) is 13.1 Å². The molecule has 0 aromatic rings. The standard InChI is InChI=1S/C11H21N3O2.C2H6/c1-11(2,3)16-10(15)14-8-6-13(5-4-12)7-9-14;1-2/h4-5H,6-9,12H2,1-3H3;1-2H3/b5-4-;. The number of nitrogens with two attached hydrogens (primary N) is 1. The Hall–Kier alpha value is -1.39. The lowest BCUT2D eigenvalue weighted by Gasteiger charge is -2.34. The SMILES string of the molecule is CC.CC(C)(C)OC(=O)N1CCN(/C=C\N)CC1. The molecule has 1 aliphatic heterocycles. The predicted octanol–water partition coefficient (Wildman–Crippen LogP) is 2.00. The number of carbonyl (C=O) groups is 1. The Morgan fingerprint density at radius 3 is 2.06 bits per heavy atom. The molecule has 1 fully saturated rings. The van der Waals surface area contributed by atoms with Crippen LogP contribution in [0.25, 0.3) is 0 Å². The first kappa shape index (κ1) is 16.6. The van der Waals surface area contributed by atoms with Gasteiger partial charge in [0.15, 0.2) is 0 Å². The van der Waals surface area contributed by atoms with Crippen molar-refractivity contribution in [2.75, 3.05) is 26.2 Å². The quantitative estimate of drug-likeness (QED) is 0.780. The summed E-state index contributed by atoms with van der Waals surface area (Å²) in [5, 5.41) is 0. The molecule has 0 unspecified atom stereocenters. The molecule has 0 aromatic carbocycles. The highest BCUT2D eigenvalue weighted by molar-refractivity contribution is 5.68. The van der Waals surface area contributed by atoms with Crippen LogP contribution in [0.2, 0.25) is 0 Å². The summed E-state index contributed by atoms with van der Waals surface area (Å²) in [7, 11) is 0. The van der Waals surface area contributed by atoms with E-state index in [0.717, 1.165) is 13.1 Å². The Kier molecular flexibility index (Phi) is 7.24. The minimum Gasteiger partial charge on any atom is -0.444 e. The van der Waals surface area contributed by atoms with Crippen molar-refractivity contribution in [1.29, 1.82) is 0 Å². The average Bonchev–Trinajstić information content (AvgIpc) is 2.31. The van der Waals surface area contributed by atoms with Gasteiger partial charge in [0.1, 0.15) is 5.60 Å². The fraction of sp³-hybridized carbons (Fsp3) is 0.769. The van der Waals surface area contributed by atoms with Gasteiger partial charge in [-0.2, -0.15) is 0 Å². The molecule has 0 radical (unpaired) electrons. The second kappa shape index (κ2) is 7.84. The van der Waals surface area contributed by atoms with E-state index in [9.17, 15) is 4.79 Å². The summed E-state index contributed by atoms with van der Waals surface area (Å²) in [6.07, 6.45) is 3.12. The molecule has 2 N–H and O–H groups in total. The number of hydrogen-bond acceptors (Lipinski definition) is 4. The van der Waals surface area contributed by atoms with E-state index in [4.69, 9.17) is 10.5 Å². The fourth-order valence-corrected chi connectivity index (χ4v) is 1.50. The van der Waals surface area contributed by atoms with Crippen LogP contribution in [-0.4, -0.2) is 47.7 Å². The molecule has 0 aromatic heterocycles. The van der Waals surface area contributed by atoms with Gasteiger partial charge in [-0.25, -0.2) is 4.79 Å². The maximum Gasteiger partial charge on any atom is 0.410 e. The van der Waals surface area contributed by atoms with Gasteiger partial charge in [0.05, 0.1) is 0 Å². The molecule has 5 heteroatoms. The fourth-order valence-electron chi connectivity index (χ4n) is 1.50. The Morgan fingerprint density at radius 1 is 1.17 bits per heavy atom. The zero-order chi connectivity index (χ0) is 14.2. The summed E-state index contributed by atoms with van der Waals surface area (Å²) < 4.78 is 5.30. The molecule has 1 amide bonds. The largest absolute Gasteiger partial charge is 0.444 e. The summed E-state index contributed by atoms with van der Waals surface area (Å²) >= 11 is 0. The number of ether oxygens (including phenoxy) is 1. The smallest absolute Gasteiger partial charge is 0.410 e. The second-order valence-electron chi connectivity index (χ2n) is 4.84. The molecule has 1 rings (SSSR count). The Balaban J connectivity index is 0.00000137. The first-order valence-electron chi connectivity index (χ1n) is 6.53. The Bertz CT molecular complexity index is 264. The molecule has 5 nitrogen and oxygen atoms in total. The van der Waals surface area contributed by atoms with Crippen LogP contribution in [0.15, 0.2) is 12.4 Å². The third-order valence-electron chi connectivity index (χ3n) is 2.26. The van der Waals surface area contributed by atoms with E-state index < -0.39 is 5.60 Å². The lowest BCUT2D eigenvalue weighted by atomic mass is 10.2. The maximum atomic E-state index is 11.7. The third-order valence-corrected chi connectivity index (χ3v) is 2.26. The van der Waals surface area contributed by atoms with Crippen molar-refractivity contribution in [2.24, 2.45) is 5.73 Å². The van der Waals surface area contributed by atoms with E-state index >= 15 is 0 Å². The van der Waals surface area contributed by atoms with E-state index in [1.807, 2.05) is 40.8 Å². The zero-order valence-electron chi connectivity index (χ0n) is 12.3. The molecule has 0 atom stereocenters. The van der Waals surface area contributed by atoms with Gasteiger partial charge >= 0.3 is 6.09 Å². The van der Waals surface area contributed by atoms with Gasteiger partial charge in [-0.05, 0) is 20.8 Å². The molecule has 0 saturated carbocycles. The highest BCUT2D eigenvalue weighted by atomic mass is 16.6. The molecule has 1 saturated heterocycles. The lowest BCUT2D eigenvalue weighted by molar-refractivity contribution is 0.0176. The Labute approximate surface area is 111 Å². The van der Waals surface area contributed by atoms with Crippen molar-refractivity contribution in [3.63, 3.8) is 0 Å². The van der Waals surface area contributed by atoms with Gasteiger partial charge < -0.3 is 20.3 Å². The van der Waals surface area contributed by atoms with E-state index in [2.05, 4.69) is 4.90 Å². The van der Waals surface area contributed by atoms with Gasteiger partial charge in [0.25, 0.3) is 0 Å². The molecule has 0 spiro atoms. The number of nitrogens with zero attached hydrogens (tertiary/aromatic N) is 2. The molecule has 1 heterocycles. The normalized spacial score (nSPS) is 16.3. The Morgan fingerprint density at radius 2 is 1.67 bits per heavy atom. The van der Waals surface area contributed by atoms with Crippen LogP contribution < -0.4 is 5.73 Å². The minimum atomic E-state index is -0.425. The molecular weight excluding hydrogens is 230 g/mol. The first-order valence-corrected chi connectivity index (χ1v) is 6.53. The molecule has 0 bridgehead atoms. The highest BCUT2D eigenvalue weighted by Gasteiger charge is 2.24. The van der Waals surface area contributed by atoms with E-state index in [1.54, 1.807) is 4.90 Å². The molecule has 1 aliphatic rings. The van der Waals surface area contributed by atoms with Crippen LogP contribution in [0.4, 0.5) is 4.79 Å². The summed E-state index contributed by atoms with van der Waals surface area (Å²) in [5.74, 6) is 0. The van der Waals surface area contributed by atoms with Gasteiger partial charge in [0.2, 0.25) is 0 Å². The van der Waals surface area contributed by atoms with Crippen molar-refractivity contribution in [2.45, 2.75) is 40.2 Å². The number of amides is 1. The molecule has 18 heavy (non-hydrogen) atoms. The highest BCUT2D eigenvalue weighted by Crippen LogP contribution is 2.11. The molecule has 0 aliphatic carbocycles. The van der Waals surface area contributed by atoms with Crippen molar-refractivity contribution >= 4 is 6.09 Å². The van der Waals surface area contributed by atoms with Gasteiger partial charge in [0, 0.05) is 38.6 Å². The summed E-state index contributed by atoms with van der Waals surface area (Å²) in [6.45, 7) is 12.6. The van der Waals surface area contributed by atoms with Crippen LogP contribution in [0.3, 0.4) is 0 Å². The predicted molar refractivity (Wildman–Crippen MR) is 74.1 cm³/mol. The molecular formula is C13H27N3O2. The van der Waals surface area contributed by atoms with Crippen LogP contribution in [-0.2, 0) is 4.74 Å². The van der Waals surface area contributed by atoms with Crippen molar-refractivity contribution in [1.82, 2.24) is 9.80 Å². The monoisotopic (exact) mass is 257 g/mol. The minimum absolute atomic E-state index is 0.233. The van der Waals surface area contributed by atoms with Gasteiger partial charge in [-0.15, -0.1) is 0 Å². The maximum absolute atomic E-state index is 11.7. The third kappa shape index (κ3) is 6.37. The van der Waals surface area contributed by atoms with Crippen molar-refractivity contribution in [3.8, 4) is 0 Å². The van der Waals surface area contributed by atoms with Crippen molar-refractivity contribution < 1.29 is 9.53 Å².